The highest BCUT2D eigenvalue weighted by Crippen LogP contribution is 2.54. The minimum Gasteiger partial charge on any atom is -0.457 e. The highest BCUT2D eigenvalue weighted by Gasteiger charge is 2.42. The molecule has 4 heterocycles. The van der Waals surface area contributed by atoms with E-state index in [1.807, 2.05) is 6.20 Å². The molecule has 11 rings (SSSR count). The van der Waals surface area contributed by atoms with E-state index in [0.717, 1.165) is 41.2 Å². The summed E-state index contributed by atoms with van der Waals surface area (Å²) < 4.78 is 9.39. The molecule has 0 atom stereocenters. The summed E-state index contributed by atoms with van der Waals surface area (Å²) >= 11 is 0. The van der Waals surface area contributed by atoms with Crippen LogP contribution in [0.2, 0.25) is 0 Å². The highest BCUT2D eigenvalue weighted by molar-refractivity contribution is 6.09. The lowest BCUT2D eigenvalue weighted by Crippen LogP contribution is -2.36. The fraction of sp³-hybridized carbons (Fsp3) is 0.232. The Labute approximate surface area is 359 Å². The van der Waals surface area contributed by atoms with Crippen molar-refractivity contribution in [3.05, 3.63) is 174 Å². The van der Waals surface area contributed by atoms with Gasteiger partial charge >= 0.3 is 0 Å². The summed E-state index contributed by atoms with van der Waals surface area (Å²) in [4.78, 5) is 9.94. The summed E-state index contributed by atoms with van der Waals surface area (Å²) in [5.74, 6) is 2.56. The number of pyridine rings is 1. The van der Waals surface area contributed by atoms with Crippen molar-refractivity contribution in [2.24, 2.45) is 0 Å². The molecule has 0 bridgehead atoms. The van der Waals surface area contributed by atoms with Gasteiger partial charge in [-0.2, -0.15) is 0 Å². The molecule has 3 aliphatic rings. The van der Waals surface area contributed by atoms with Gasteiger partial charge in [0.15, 0.2) is 0 Å². The Morgan fingerprint density at radius 3 is 1.98 bits per heavy atom. The molecule has 0 radical (unpaired) electrons. The molecule has 0 fully saturated rings. The maximum atomic E-state index is 7.10. The molecule has 8 aromatic rings. The molecule has 0 unspecified atom stereocenters. The lowest BCUT2D eigenvalue weighted by Gasteiger charge is -2.44. The average molecular weight is 797 g/mol. The van der Waals surface area contributed by atoms with Gasteiger partial charge in [0.2, 0.25) is 0 Å². The van der Waals surface area contributed by atoms with Crippen molar-refractivity contribution < 1.29 is 4.74 Å². The summed E-state index contributed by atoms with van der Waals surface area (Å²) in [6.45, 7) is 17.1. The number of ether oxygens (including phenoxy) is 1. The fourth-order valence-corrected chi connectivity index (χ4v) is 10.3. The van der Waals surface area contributed by atoms with Gasteiger partial charge in [0.25, 0.3) is 0 Å². The zero-order valence-corrected chi connectivity index (χ0v) is 36.3. The Bertz CT molecular complexity index is 3100. The van der Waals surface area contributed by atoms with E-state index in [1.54, 1.807) is 0 Å². The molecule has 5 heteroatoms. The van der Waals surface area contributed by atoms with Crippen molar-refractivity contribution in [3.63, 3.8) is 0 Å². The Morgan fingerprint density at radius 2 is 1.21 bits per heavy atom. The van der Waals surface area contributed by atoms with E-state index in [1.165, 1.54) is 72.4 Å². The lowest BCUT2D eigenvalue weighted by atomic mass is 9.62. The molecule has 1 aliphatic carbocycles. The monoisotopic (exact) mass is 796 g/mol. The number of aromatic nitrogens is 2. The maximum absolute atomic E-state index is 7.10. The number of para-hydroxylation sites is 2. The summed E-state index contributed by atoms with van der Waals surface area (Å²) in [5.41, 5.74) is 16.0. The second-order valence-corrected chi connectivity index (χ2v) is 19.6. The van der Waals surface area contributed by atoms with Crippen molar-refractivity contribution in [2.45, 2.75) is 77.6 Å². The van der Waals surface area contributed by atoms with Crippen LogP contribution in [0.3, 0.4) is 0 Å². The molecule has 302 valence electrons. The fourth-order valence-electron chi connectivity index (χ4n) is 10.3. The quantitative estimate of drug-likeness (QED) is 0.178. The third-order valence-corrected chi connectivity index (χ3v) is 13.7. The van der Waals surface area contributed by atoms with Crippen LogP contribution in [0.25, 0.3) is 55.6 Å². The first-order chi connectivity index (χ1) is 29.4. The lowest BCUT2D eigenvalue weighted by molar-refractivity contribution is 0.330. The molecule has 61 heavy (non-hydrogen) atoms. The third kappa shape index (κ3) is 6.00. The molecule has 0 N–H and O–H groups in total. The molecule has 5 nitrogen and oxygen atoms in total. The van der Waals surface area contributed by atoms with Gasteiger partial charge in [-0.3, -0.25) is 4.57 Å². The number of hydrogen-bond donors (Lipinski definition) is 0. The third-order valence-electron chi connectivity index (χ3n) is 13.7. The Hall–Kier alpha value is -6.59. The van der Waals surface area contributed by atoms with Gasteiger partial charge in [0.1, 0.15) is 17.3 Å². The number of rotatable bonds is 4. The molecular formula is C56H52N4O. The summed E-state index contributed by atoms with van der Waals surface area (Å²) in [7, 11) is 0. The highest BCUT2D eigenvalue weighted by atomic mass is 16.5. The van der Waals surface area contributed by atoms with Crippen molar-refractivity contribution in [1.82, 2.24) is 9.55 Å². The Morgan fingerprint density at radius 1 is 0.574 bits per heavy atom. The number of hydrogen-bond acceptors (Lipinski definition) is 4. The van der Waals surface area contributed by atoms with Crippen LogP contribution in [-0.2, 0) is 16.2 Å². The van der Waals surface area contributed by atoms with E-state index >= 15 is 0 Å². The summed E-state index contributed by atoms with van der Waals surface area (Å²) in [6, 6.07) is 50.8. The SMILES string of the molecule is CC(C)(C)c1ccnc(-n2c3ccccc3c3ccc(Oc4cc(N5C=C6c7ccccc7-c7ccccc7-c7ccccc7N6C5)c5c(c4)C(C)(C)CCC5(C)C)cc32)c1. The molecular weight excluding hydrogens is 745 g/mol. The van der Waals surface area contributed by atoms with Crippen LogP contribution in [-0.4, -0.2) is 16.2 Å². The van der Waals surface area contributed by atoms with Gasteiger partial charge < -0.3 is 14.5 Å². The van der Waals surface area contributed by atoms with Crippen molar-refractivity contribution in [3.8, 4) is 39.6 Å². The zero-order valence-electron chi connectivity index (χ0n) is 36.3. The number of nitrogens with zero attached hydrogens (tertiary/aromatic N) is 4. The van der Waals surface area contributed by atoms with Crippen LogP contribution in [0, 0.1) is 0 Å². The maximum Gasteiger partial charge on any atom is 0.137 e. The average Bonchev–Trinajstić information content (AvgIpc) is 3.84. The molecule has 0 saturated carbocycles. The van der Waals surface area contributed by atoms with Crippen LogP contribution in [0.4, 0.5) is 11.4 Å². The predicted molar refractivity (Wildman–Crippen MR) is 254 cm³/mol. The molecule has 2 aromatic heterocycles. The second kappa shape index (κ2) is 13.5. The molecule has 6 aromatic carbocycles. The van der Waals surface area contributed by atoms with Crippen LogP contribution in [0.15, 0.2) is 152 Å². The zero-order chi connectivity index (χ0) is 41.8. The topological polar surface area (TPSA) is 33.5 Å². The van der Waals surface area contributed by atoms with Crippen LogP contribution in [0.5, 0.6) is 11.5 Å². The van der Waals surface area contributed by atoms with Crippen molar-refractivity contribution >= 4 is 38.9 Å². The normalized spacial score (nSPS) is 16.2. The van der Waals surface area contributed by atoms with Gasteiger partial charge in [-0.05, 0) is 105 Å². The van der Waals surface area contributed by atoms with Gasteiger partial charge in [0.05, 0.1) is 34.8 Å². The first-order valence-electron chi connectivity index (χ1n) is 21.8. The van der Waals surface area contributed by atoms with E-state index in [4.69, 9.17) is 9.72 Å². The second-order valence-electron chi connectivity index (χ2n) is 19.6. The van der Waals surface area contributed by atoms with E-state index in [9.17, 15) is 0 Å². The predicted octanol–water partition coefficient (Wildman–Crippen LogP) is 14.5. The minimum absolute atomic E-state index is 0.00645. The number of anilines is 2. The Kier molecular flexibility index (Phi) is 8.25. The Balaban J connectivity index is 1.08. The molecule has 0 spiro atoms. The standard InChI is InChI=1S/C56H52N4O/c1-54(2,3)36-26-29-57-52(30-36)60-48-23-15-13-21-44(48)45-25-24-37(32-49(45)60)61-38-31-46-53(56(6,7)28-27-55(46,4)5)50(33-38)58-34-51-43-20-11-10-18-41(43)39-16-8-9-17-40(39)42-19-12-14-22-47(42)59(51)35-58/h8-26,29-34H,27-28,35H2,1-7H3. The van der Waals surface area contributed by atoms with E-state index in [2.05, 4.69) is 209 Å². The van der Waals surface area contributed by atoms with E-state index in [-0.39, 0.29) is 16.2 Å². The number of fused-ring (bicyclic) bond motifs is 12. The first kappa shape index (κ1) is 37.4. The first-order valence-corrected chi connectivity index (χ1v) is 21.8. The molecule has 2 aliphatic heterocycles. The van der Waals surface area contributed by atoms with Gasteiger partial charge in [-0.1, -0.05) is 133 Å². The van der Waals surface area contributed by atoms with E-state index in [0.29, 0.717) is 6.67 Å². The smallest absolute Gasteiger partial charge is 0.137 e. The van der Waals surface area contributed by atoms with Crippen molar-refractivity contribution in [2.75, 3.05) is 16.5 Å². The minimum atomic E-state index is -0.0331. The number of benzene rings is 6. The molecule has 0 amide bonds. The van der Waals surface area contributed by atoms with Crippen LogP contribution in [0.1, 0.15) is 83.6 Å². The van der Waals surface area contributed by atoms with Gasteiger partial charge in [0, 0.05) is 46.4 Å². The molecule has 0 saturated heterocycles. The van der Waals surface area contributed by atoms with Gasteiger partial charge in [-0.15, -0.1) is 0 Å². The van der Waals surface area contributed by atoms with Crippen LogP contribution >= 0.6 is 0 Å². The summed E-state index contributed by atoms with van der Waals surface area (Å²) in [5, 5.41) is 2.37. The van der Waals surface area contributed by atoms with Crippen LogP contribution < -0.4 is 14.5 Å². The van der Waals surface area contributed by atoms with Gasteiger partial charge in [-0.25, -0.2) is 4.98 Å². The van der Waals surface area contributed by atoms with E-state index < -0.39 is 0 Å². The van der Waals surface area contributed by atoms with Crippen molar-refractivity contribution in [1.29, 1.82) is 0 Å². The largest absolute Gasteiger partial charge is 0.457 e. The summed E-state index contributed by atoms with van der Waals surface area (Å²) in [6.07, 6.45) is 6.55.